The third kappa shape index (κ3) is 3.45. The molecule has 4 heteroatoms. The molecule has 1 aromatic heterocycles. The van der Waals surface area contributed by atoms with Gasteiger partial charge in [-0.25, -0.2) is 0 Å². The number of carbonyl (C=O) groups is 1. The molecule has 3 rings (SSSR count). The van der Waals surface area contributed by atoms with Gasteiger partial charge in [0.15, 0.2) is 0 Å². The summed E-state index contributed by atoms with van der Waals surface area (Å²) in [7, 11) is 0. The molecule has 2 aromatic rings. The van der Waals surface area contributed by atoms with Gasteiger partial charge in [-0.2, -0.15) is 0 Å². The van der Waals surface area contributed by atoms with Gasteiger partial charge in [0.25, 0.3) is 0 Å². The number of rotatable bonds is 4. The van der Waals surface area contributed by atoms with Gasteiger partial charge in [0, 0.05) is 117 Å². The maximum atomic E-state index is 11.6. The summed E-state index contributed by atoms with van der Waals surface area (Å²) in [5, 5.41) is 1.31. The Morgan fingerprint density at radius 1 is 1.37 bits per heavy atom. The van der Waals surface area contributed by atoms with Crippen molar-refractivity contribution in [1.29, 1.82) is 0 Å². The first-order chi connectivity index (χ1) is 12.1. The van der Waals surface area contributed by atoms with Crippen LogP contribution in [0.3, 0.4) is 0 Å². The number of benzene rings is 1. The smallest absolute Gasteiger partial charge is 0.123 e. The normalized spacial score (nSPS) is 22.6. The number of carbonyl (C=O) groups excluding carboxylic acids is 1. The predicted molar refractivity (Wildman–Crippen MR) is 251 cm³/mol. The van der Waals surface area contributed by atoms with E-state index in [1.165, 1.54) is 27.6 Å². The molecule has 2 atom stereocenters. The summed E-state index contributed by atoms with van der Waals surface area (Å²) in [6.07, 6.45) is 2.43. The molecular formula is C23H167NO3. The van der Waals surface area contributed by atoms with Crippen molar-refractivity contribution >= 4 is 17.2 Å². The number of aromatic nitrogens is 1. The van der Waals surface area contributed by atoms with E-state index in [1.807, 2.05) is 0 Å². The SMILES string of the molecule is Cc1cc(CC(C)C)c2[nH]c3c(c2c1)C(C)CO[C@@]3(CC=O)C(C)(C)C.O.[HH].[HH].[HH].[HH].[HH].[HH].[HH].[HH].[HH].[HH].[HH].[HH].[HH].[HH].[HH].[HH].[HH].[HH].[HH].[HH].[HH].[HH].[HH].[HH].[HH].[HH].[HH].[HH].[HH].[HH].[HH].[HH].[HH].[HH].[HH].[HH].[HH].[HH].[HH].[HH].[HH].[HH].[HH].[HH].[HH].[HH].[HH].[HH].[HH].[HH].[HH].[HH].[HH].[HH].[HH].[HH].[HH].[HH].[HH].[HH].[HH].[HH].[HH].[HH].[HH].[HH]. The van der Waals surface area contributed by atoms with E-state index in [0.29, 0.717) is 24.9 Å². The summed E-state index contributed by atoms with van der Waals surface area (Å²) >= 11 is 0. The number of nitrogens with one attached hydrogen (secondary N) is 1. The first kappa shape index (κ1) is 21.6. The molecule has 2 heterocycles. The van der Waals surface area contributed by atoms with Crippen molar-refractivity contribution in [3.8, 4) is 0 Å². The van der Waals surface area contributed by atoms with Crippen LogP contribution in [0.1, 0.15) is 170 Å². The van der Waals surface area contributed by atoms with Crippen molar-refractivity contribution < 1.29 is 109 Å². The highest BCUT2D eigenvalue weighted by Gasteiger charge is 2.50. The Balaban J connectivity index is -0.00000000186. The standard InChI is InChI=1S/C23H33NO2.H2O.66H2/c1-14(2)10-17-11-15(3)12-18-19-16(4)13-26-23(8-9-25,22(5,6)7)21(19)24-20(17)18;;;;;;;;;;;;;;;;;;;;;;;;;;;;;;;;;;;;;;;;;;;;;;;;;;;;;;;;;;;;;;;;;;;/h9,11-12,14,16,24H,8,10,13H2,1-7H3;1H2;66*1H/t16?,23-;;;;;;;;;;;;;;;;;;;;;;;;;;;;;;;;;;;;;;;;;;;;;;;;;;;;;;;;;;;;;;;;;;;/m1.................................................................../s1. The van der Waals surface area contributed by atoms with Crippen molar-refractivity contribution in [2.45, 2.75) is 72.8 Å². The summed E-state index contributed by atoms with van der Waals surface area (Å²) < 4.78 is 6.43. The number of aromatic amines is 1. The number of ether oxygens (including phenoxy) is 1. The highest BCUT2D eigenvalue weighted by atomic mass is 16.5. The zero-order valence-electron chi connectivity index (χ0n) is 17.8. The van der Waals surface area contributed by atoms with Gasteiger partial charge in [-0.15, -0.1) is 0 Å². The van der Waals surface area contributed by atoms with Crippen LogP contribution in [0.25, 0.3) is 10.9 Å². The van der Waals surface area contributed by atoms with Crippen LogP contribution in [0, 0.1) is 18.3 Å². The Kier molecular flexibility index (Phi) is 5.93. The summed E-state index contributed by atoms with van der Waals surface area (Å²) in [6.45, 7) is 16.1. The highest BCUT2D eigenvalue weighted by Crippen LogP contribution is 2.52. The van der Waals surface area contributed by atoms with Gasteiger partial charge in [-0.05, 0) is 41.9 Å². The van der Waals surface area contributed by atoms with Crippen molar-refractivity contribution in [1.82, 2.24) is 4.98 Å². The molecule has 1 aliphatic heterocycles. The van der Waals surface area contributed by atoms with Crippen molar-refractivity contribution in [2.24, 2.45) is 11.3 Å². The molecule has 0 saturated carbocycles. The van der Waals surface area contributed by atoms with Crippen LogP contribution in [0.15, 0.2) is 12.1 Å². The van der Waals surface area contributed by atoms with E-state index in [0.717, 1.165) is 18.4 Å². The van der Waals surface area contributed by atoms with Gasteiger partial charge in [-0.3, -0.25) is 0 Å². The van der Waals surface area contributed by atoms with Crippen molar-refractivity contribution in [2.75, 3.05) is 6.61 Å². The lowest BCUT2D eigenvalue weighted by atomic mass is 9.69. The molecule has 0 bridgehead atoms. The number of hydrogen-bond donors (Lipinski definition) is 1. The van der Waals surface area contributed by atoms with Gasteiger partial charge in [0.05, 0.1) is 12.3 Å². The predicted octanol–water partition coefficient (Wildman–Crippen LogP) is 21.1. The van der Waals surface area contributed by atoms with E-state index < -0.39 is 5.60 Å². The monoisotopic (exact) mass is 506 g/mol. The first-order valence-corrected chi connectivity index (χ1v) is 9.84. The molecule has 4 nitrogen and oxygen atoms in total. The van der Waals surface area contributed by atoms with Gasteiger partial charge in [0.2, 0.25) is 0 Å². The van der Waals surface area contributed by atoms with E-state index in [2.05, 4.69) is 65.6 Å². The Labute approximate surface area is 261 Å². The summed E-state index contributed by atoms with van der Waals surface area (Å²) in [5.74, 6) is 0.908. The quantitative estimate of drug-likeness (QED) is 0.419. The number of hydrogen-bond acceptors (Lipinski definition) is 2. The first-order valence-electron chi connectivity index (χ1n) is 9.84. The Hall–Kier alpha value is -1.65. The molecule has 1 aromatic carbocycles. The fourth-order valence-corrected chi connectivity index (χ4v) is 4.58. The lowest BCUT2D eigenvalue weighted by Crippen LogP contribution is -2.47. The molecule has 0 aliphatic carbocycles. The van der Waals surface area contributed by atoms with Crippen LogP contribution in [-0.2, 0) is 21.6 Å². The molecule has 27 heavy (non-hydrogen) atoms. The number of aldehydes is 1. The van der Waals surface area contributed by atoms with Crippen molar-refractivity contribution in [3.05, 3.63) is 34.5 Å². The van der Waals surface area contributed by atoms with E-state index in [-0.39, 0.29) is 105 Å². The van der Waals surface area contributed by atoms with E-state index in [9.17, 15) is 4.79 Å². The van der Waals surface area contributed by atoms with Gasteiger partial charge < -0.3 is 20.0 Å². The van der Waals surface area contributed by atoms with Crippen LogP contribution in [0.5, 0.6) is 0 Å². The zero-order chi connectivity index (χ0) is 19.3. The average Bonchev–Trinajstić information content (AvgIpc) is 2.89. The molecule has 0 spiro atoms. The van der Waals surface area contributed by atoms with E-state index in [4.69, 9.17) is 4.74 Å². The third-order valence-electron chi connectivity index (χ3n) is 5.86. The Morgan fingerprint density at radius 3 is 2.59 bits per heavy atom. The van der Waals surface area contributed by atoms with E-state index in [1.54, 1.807) is 0 Å². The second kappa shape index (κ2) is 7.40. The third-order valence-corrected chi connectivity index (χ3v) is 5.86. The lowest BCUT2D eigenvalue weighted by molar-refractivity contribution is -0.151. The zero-order valence-corrected chi connectivity index (χ0v) is 17.8. The van der Waals surface area contributed by atoms with Crippen LogP contribution < -0.4 is 0 Å². The van der Waals surface area contributed by atoms with Gasteiger partial charge in [0.1, 0.15) is 11.9 Å². The average molecular weight is 507 g/mol. The Bertz CT molecular complexity index is 909. The molecule has 0 radical (unpaired) electrons. The number of fused-ring (bicyclic) bond motifs is 3. The number of aryl methyl sites for hydroxylation is 1. The van der Waals surface area contributed by atoms with Crippen LogP contribution in [-0.4, -0.2) is 23.4 Å². The van der Waals surface area contributed by atoms with Crippen molar-refractivity contribution in [3.63, 3.8) is 0 Å². The molecular weight excluding hydrogens is 338 g/mol. The van der Waals surface area contributed by atoms with Crippen LogP contribution in [0.4, 0.5) is 0 Å². The molecule has 1 unspecified atom stereocenters. The molecule has 3 N–H and O–H groups in total. The fourth-order valence-electron chi connectivity index (χ4n) is 4.58. The van der Waals surface area contributed by atoms with Gasteiger partial charge >= 0.3 is 0 Å². The molecule has 0 amide bonds. The van der Waals surface area contributed by atoms with E-state index >= 15 is 0 Å². The summed E-state index contributed by atoms with van der Waals surface area (Å²) in [4.78, 5) is 15.4. The maximum Gasteiger partial charge on any atom is 0.123 e. The van der Waals surface area contributed by atoms with Crippen LogP contribution >= 0.6 is 0 Å². The molecule has 0 fully saturated rings. The minimum absolute atomic E-state index is 0. The molecule has 282 valence electrons. The maximum absolute atomic E-state index is 11.6. The second-order valence-corrected chi connectivity index (χ2v) is 9.52. The minimum atomic E-state index is -0.599. The molecule has 0 saturated heterocycles. The highest BCUT2D eigenvalue weighted by molar-refractivity contribution is 5.89. The summed E-state index contributed by atoms with van der Waals surface area (Å²) in [6, 6.07) is 4.60. The van der Waals surface area contributed by atoms with Crippen LogP contribution in [0.2, 0.25) is 0 Å². The Morgan fingerprint density at radius 2 is 2.04 bits per heavy atom. The molecule has 1 aliphatic rings. The number of H-pyrrole nitrogens is 1. The fraction of sp³-hybridized carbons (Fsp3) is 0.609. The summed E-state index contributed by atoms with van der Waals surface area (Å²) in [5.41, 5.74) is 5.57. The van der Waals surface area contributed by atoms with Gasteiger partial charge in [-0.1, -0.05) is 53.2 Å². The minimum Gasteiger partial charge on any atom is -0.412 e. The largest absolute Gasteiger partial charge is 0.412 e. The second-order valence-electron chi connectivity index (χ2n) is 9.52. The topological polar surface area (TPSA) is 73.6 Å². The lowest BCUT2D eigenvalue weighted by Gasteiger charge is -2.47.